The highest BCUT2D eigenvalue weighted by Gasteiger charge is 2.09. The van der Waals surface area contributed by atoms with Gasteiger partial charge in [0.25, 0.3) is 0 Å². The third kappa shape index (κ3) is 2.22. The molecule has 2 aromatic heterocycles. The molecule has 2 heterocycles. The third-order valence-corrected chi connectivity index (χ3v) is 3.13. The minimum atomic E-state index is 0.800. The molecule has 0 unspecified atom stereocenters. The highest BCUT2D eigenvalue weighted by molar-refractivity contribution is 7.15. The molecule has 78 valence electrons. The Morgan fingerprint density at radius 2 is 2.33 bits per heavy atom. The largest absolute Gasteiger partial charge is 0.314 e. The van der Waals surface area contributed by atoms with E-state index in [4.69, 9.17) is 0 Å². The summed E-state index contributed by atoms with van der Waals surface area (Å²) in [4.78, 5) is 9.85. The molecule has 3 nitrogen and oxygen atoms in total. The van der Waals surface area contributed by atoms with E-state index < -0.39 is 0 Å². The van der Waals surface area contributed by atoms with E-state index in [1.54, 1.807) is 17.5 Å². The molecule has 0 bridgehead atoms. The minimum absolute atomic E-state index is 0.800. The molecule has 0 aliphatic rings. The van der Waals surface area contributed by atoms with Crippen molar-refractivity contribution in [3.63, 3.8) is 0 Å². The Bertz CT molecular complexity index is 436. The molecule has 4 heteroatoms. The predicted molar refractivity (Wildman–Crippen MR) is 62.8 cm³/mol. The van der Waals surface area contributed by atoms with Crippen molar-refractivity contribution >= 4 is 11.3 Å². The number of hydrogen-bond donors (Lipinski definition) is 1. The second kappa shape index (κ2) is 4.51. The van der Waals surface area contributed by atoms with Gasteiger partial charge in [-0.05, 0) is 20.0 Å². The Morgan fingerprint density at radius 3 is 3.00 bits per heavy atom. The van der Waals surface area contributed by atoms with Crippen molar-refractivity contribution in [3.05, 3.63) is 35.2 Å². The summed E-state index contributed by atoms with van der Waals surface area (Å²) in [6.07, 6.45) is 3.67. The Labute approximate surface area is 93.2 Å². The fraction of sp³-hybridized carbons (Fsp3) is 0.273. The highest BCUT2D eigenvalue weighted by atomic mass is 32.1. The maximum atomic E-state index is 4.50. The Hall–Kier alpha value is -1.26. The van der Waals surface area contributed by atoms with Crippen LogP contribution in [-0.4, -0.2) is 17.0 Å². The number of nitrogens with one attached hydrogen (secondary N) is 1. The first kappa shape index (κ1) is 10.3. The molecule has 0 atom stereocenters. The highest BCUT2D eigenvalue weighted by Crippen LogP contribution is 2.29. The molecule has 1 N–H and O–H groups in total. The van der Waals surface area contributed by atoms with Gasteiger partial charge in [-0.25, -0.2) is 4.98 Å². The van der Waals surface area contributed by atoms with Crippen molar-refractivity contribution in [2.45, 2.75) is 13.5 Å². The summed E-state index contributed by atoms with van der Waals surface area (Å²) in [6, 6.07) is 4.02. The van der Waals surface area contributed by atoms with Crippen LogP contribution in [0.3, 0.4) is 0 Å². The van der Waals surface area contributed by atoms with E-state index >= 15 is 0 Å². The van der Waals surface area contributed by atoms with Gasteiger partial charge in [0.15, 0.2) is 0 Å². The van der Waals surface area contributed by atoms with Crippen molar-refractivity contribution in [2.75, 3.05) is 7.05 Å². The van der Waals surface area contributed by atoms with Crippen LogP contribution in [0.4, 0.5) is 0 Å². The topological polar surface area (TPSA) is 37.8 Å². The van der Waals surface area contributed by atoms with Gasteiger partial charge in [-0.2, -0.15) is 0 Å². The van der Waals surface area contributed by atoms with Gasteiger partial charge in [0.2, 0.25) is 0 Å². The van der Waals surface area contributed by atoms with Crippen LogP contribution < -0.4 is 5.32 Å². The number of rotatable bonds is 3. The molecule has 0 aliphatic heterocycles. The lowest BCUT2D eigenvalue weighted by Crippen LogP contribution is -2.06. The molecule has 0 radical (unpaired) electrons. The van der Waals surface area contributed by atoms with E-state index in [2.05, 4.69) is 21.4 Å². The molecule has 0 spiro atoms. The first-order chi connectivity index (χ1) is 7.31. The molecule has 0 fully saturated rings. The molecule has 15 heavy (non-hydrogen) atoms. The van der Waals surface area contributed by atoms with Crippen LogP contribution in [0.2, 0.25) is 0 Å². The third-order valence-electron chi connectivity index (χ3n) is 2.07. The van der Waals surface area contributed by atoms with Crippen LogP contribution in [0.15, 0.2) is 24.5 Å². The van der Waals surface area contributed by atoms with Crippen molar-refractivity contribution in [2.24, 2.45) is 0 Å². The quantitative estimate of drug-likeness (QED) is 0.860. The fourth-order valence-corrected chi connectivity index (χ4v) is 2.41. The Balaban J connectivity index is 2.43. The van der Waals surface area contributed by atoms with Gasteiger partial charge in [0.05, 0.1) is 15.6 Å². The van der Waals surface area contributed by atoms with Crippen LogP contribution in [0.1, 0.15) is 10.7 Å². The summed E-state index contributed by atoms with van der Waals surface area (Å²) in [5.74, 6) is 0. The molecule has 0 aromatic carbocycles. The van der Waals surface area contributed by atoms with Gasteiger partial charge in [0, 0.05) is 24.5 Å². The summed E-state index contributed by atoms with van der Waals surface area (Å²) < 4.78 is 0. The van der Waals surface area contributed by atoms with E-state index in [-0.39, 0.29) is 0 Å². The zero-order valence-corrected chi connectivity index (χ0v) is 9.64. The van der Waals surface area contributed by atoms with Gasteiger partial charge in [-0.1, -0.05) is 6.07 Å². The van der Waals surface area contributed by atoms with E-state index in [1.165, 1.54) is 4.88 Å². The number of aromatic nitrogens is 2. The van der Waals surface area contributed by atoms with E-state index in [9.17, 15) is 0 Å². The SMILES string of the molecule is CNCc1nc(C)sc1-c1cccnc1. The summed E-state index contributed by atoms with van der Waals surface area (Å²) in [6.45, 7) is 2.83. The Kier molecular flexibility index (Phi) is 3.08. The lowest BCUT2D eigenvalue weighted by molar-refractivity contribution is 0.796. The van der Waals surface area contributed by atoms with Crippen LogP contribution in [0.5, 0.6) is 0 Å². The lowest BCUT2D eigenvalue weighted by atomic mass is 10.2. The molecule has 2 rings (SSSR count). The smallest absolute Gasteiger partial charge is 0.0904 e. The van der Waals surface area contributed by atoms with Crippen molar-refractivity contribution in [1.29, 1.82) is 0 Å². The average Bonchev–Trinajstić information content (AvgIpc) is 2.62. The molecule has 0 saturated heterocycles. The second-order valence-electron chi connectivity index (χ2n) is 3.28. The maximum Gasteiger partial charge on any atom is 0.0904 e. The molecular formula is C11H13N3S. The van der Waals surface area contributed by atoms with Gasteiger partial charge in [-0.3, -0.25) is 4.98 Å². The first-order valence-corrected chi connectivity index (χ1v) is 5.64. The molecule has 0 amide bonds. The Morgan fingerprint density at radius 1 is 1.47 bits per heavy atom. The number of aryl methyl sites for hydroxylation is 1. The van der Waals surface area contributed by atoms with Gasteiger partial charge >= 0.3 is 0 Å². The van der Waals surface area contributed by atoms with Crippen molar-refractivity contribution < 1.29 is 0 Å². The molecule has 0 saturated carbocycles. The van der Waals surface area contributed by atoms with Crippen molar-refractivity contribution in [3.8, 4) is 10.4 Å². The number of nitrogens with zero attached hydrogens (tertiary/aromatic N) is 2. The van der Waals surface area contributed by atoms with Crippen LogP contribution >= 0.6 is 11.3 Å². The van der Waals surface area contributed by atoms with Crippen molar-refractivity contribution in [1.82, 2.24) is 15.3 Å². The fourth-order valence-electron chi connectivity index (χ4n) is 1.48. The second-order valence-corrected chi connectivity index (χ2v) is 4.48. The average molecular weight is 219 g/mol. The zero-order chi connectivity index (χ0) is 10.7. The van der Waals surface area contributed by atoms with E-state index in [0.717, 1.165) is 22.8 Å². The molecule has 2 aromatic rings. The van der Waals surface area contributed by atoms with E-state index in [1.807, 2.05) is 26.2 Å². The van der Waals surface area contributed by atoms with Crippen LogP contribution in [0.25, 0.3) is 10.4 Å². The normalized spacial score (nSPS) is 10.5. The predicted octanol–water partition coefficient (Wildman–Crippen LogP) is 2.23. The summed E-state index contributed by atoms with van der Waals surface area (Å²) in [5, 5.41) is 4.23. The number of hydrogen-bond acceptors (Lipinski definition) is 4. The van der Waals surface area contributed by atoms with Gasteiger partial charge in [0.1, 0.15) is 0 Å². The monoisotopic (exact) mass is 219 g/mol. The van der Waals surface area contributed by atoms with Gasteiger partial charge < -0.3 is 5.32 Å². The number of pyridine rings is 1. The maximum absolute atomic E-state index is 4.50. The zero-order valence-electron chi connectivity index (χ0n) is 8.82. The lowest BCUT2D eigenvalue weighted by Gasteiger charge is -2.00. The summed E-state index contributed by atoms with van der Waals surface area (Å²) >= 11 is 1.72. The van der Waals surface area contributed by atoms with Gasteiger partial charge in [-0.15, -0.1) is 11.3 Å². The van der Waals surface area contributed by atoms with E-state index in [0.29, 0.717) is 0 Å². The number of thiazole rings is 1. The first-order valence-electron chi connectivity index (χ1n) is 4.82. The molecule has 0 aliphatic carbocycles. The van der Waals surface area contributed by atoms with Crippen LogP contribution in [0, 0.1) is 6.92 Å². The molecular weight excluding hydrogens is 206 g/mol. The van der Waals surface area contributed by atoms with Crippen LogP contribution in [-0.2, 0) is 6.54 Å². The standard InChI is InChI=1S/C11H13N3S/c1-8-14-10(7-12-2)11(15-8)9-4-3-5-13-6-9/h3-6,12H,7H2,1-2H3. The summed E-state index contributed by atoms with van der Waals surface area (Å²) in [7, 11) is 1.93. The summed E-state index contributed by atoms with van der Waals surface area (Å²) in [5.41, 5.74) is 2.25. The minimum Gasteiger partial charge on any atom is -0.314 e.